The van der Waals surface area contributed by atoms with Crippen LogP contribution in [0.1, 0.15) is 29.8 Å². The Kier molecular flexibility index (Phi) is 3.54. The van der Waals surface area contributed by atoms with E-state index in [2.05, 4.69) is 53.7 Å². The van der Waals surface area contributed by atoms with Crippen molar-refractivity contribution in [2.75, 3.05) is 0 Å². The number of nitrogens with one attached hydrogen (secondary N) is 1. The third-order valence-corrected chi connectivity index (χ3v) is 2.89. The maximum atomic E-state index is 4.05. The molecule has 0 spiro atoms. The highest BCUT2D eigenvalue weighted by Gasteiger charge is 2.07. The average molecular weight is 230 g/mol. The third kappa shape index (κ3) is 2.91. The first-order valence-electron chi connectivity index (χ1n) is 5.81. The quantitative estimate of drug-likeness (QED) is 0.873. The molecule has 4 nitrogen and oxygen atoms in total. The van der Waals surface area contributed by atoms with Crippen molar-refractivity contribution in [1.82, 2.24) is 20.3 Å². The predicted octanol–water partition coefficient (Wildman–Crippen LogP) is 1.97. The van der Waals surface area contributed by atoms with Gasteiger partial charge in [-0.25, -0.2) is 0 Å². The molecule has 0 radical (unpaired) electrons. The first kappa shape index (κ1) is 11.8. The van der Waals surface area contributed by atoms with Crippen molar-refractivity contribution in [2.45, 2.75) is 26.4 Å². The molecule has 0 aliphatic carbocycles. The summed E-state index contributed by atoms with van der Waals surface area (Å²) in [5.41, 5.74) is 3.61. The average Bonchev–Trinajstić information content (AvgIpc) is 2.73. The van der Waals surface area contributed by atoms with Gasteiger partial charge < -0.3 is 5.32 Å². The molecule has 2 aromatic rings. The van der Waals surface area contributed by atoms with E-state index in [1.807, 2.05) is 13.2 Å². The second-order valence-corrected chi connectivity index (χ2v) is 4.34. The van der Waals surface area contributed by atoms with Gasteiger partial charge in [-0.2, -0.15) is 0 Å². The smallest absolute Gasteiger partial charge is 0.0964 e. The van der Waals surface area contributed by atoms with E-state index in [1.165, 1.54) is 11.1 Å². The van der Waals surface area contributed by atoms with Gasteiger partial charge in [0.15, 0.2) is 0 Å². The minimum atomic E-state index is 0.318. The van der Waals surface area contributed by atoms with Gasteiger partial charge in [-0.05, 0) is 25.0 Å². The first-order valence-corrected chi connectivity index (χ1v) is 5.81. The maximum Gasteiger partial charge on any atom is 0.0964 e. The number of hydrogen-bond acceptors (Lipinski definition) is 3. The van der Waals surface area contributed by atoms with E-state index in [0.29, 0.717) is 6.04 Å². The van der Waals surface area contributed by atoms with Crippen LogP contribution in [0.3, 0.4) is 0 Å². The number of aromatic nitrogens is 3. The molecule has 0 aliphatic rings. The zero-order chi connectivity index (χ0) is 12.3. The topological polar surface area (TPSA) is 42.7 Å². The molecule has 1 N–H and O–H groups in total. The summed E-state index contributed by atoms with van der Waals surface area (Å²) in [6, 6.07) is 8.74. The number of rotatable bonds is 4. The Bertz CT molecular complexity index is 490. The van der Waals surface area contributed by atoms with Gasteiger partial charge in [-0.3, -0.25) is 4.68 Å². The predicted molar refractivity (Wildman–Crippen MR) is 67.4 cm³/mol. The highest BCUT2D eigenvalue weighted by molar-refractivity contribution is 5.28. The molecule has 17 heavy (non-hydrogen) atoms. The van der Waals surface area contributed by atoms with Gasteiger partial charge in [0.1, 0.15) is 0 Å². The summed E-state index contributed by atoms with van der Waals surface area (Å²) in [5, 5.41) is 11.4. The van der Waals surface area contributed by atoms with E-state index >= 15 is 0 Å². The summed E-state index contributed by atoms with van der Waals surface area (Å²) in [4.78, 5) is 0. The fraction of sp³-hybridized carbons (Fsp3) is 0.385. The van der Waals surface area contributed by atoms with E-state index < -0.39 is 0 Å². The van der Waals surface area contributed by atoms with Gasteiger partial charge >= 0.3 is 0 Å². The molecule has 0 bridgehead atoms. The van der Waals surface area contributed by atoms with Crippen molar-refractivity contribution in [3.05, 3.63) is 47.3 Å². The second kappa shape index (κ2) is 5.10. The normalized spacial score (nSPS) is 12.6. The minimum Gasteiger partial charge on any atom is -0.304 e. The number of nitrogens with zero attached hydrogens (tertiary/aromatic N) is 3. The Balaban J connectivity index is 1.98. The number of aryl methyl sites for hydroxylation is 2. The molecule has 1 heterocycles. The molecule has 0 aliphatic heterocycles. The van der Waals surface area contributed by atoms with Crippen molar-refractivity contribution in [1.29, 1.82) is 0 Å². The molecular formula is C13H18N4. The summed E-state index contributed by atoms with van der Waals surface area (Å²) in [7, 11) is 1.88. The lowest BCUT2D eigenvalue weighted by atomic mass is 10.0. The molecule has 1 aromatic heterocycles. The molecule has 0 saturated carbocycles. The molecule has 1 aromatic carbocycles. The van der Waals surface area contributed by atoms with Crippen LogP contribution in [0.2, 0.25) is 0 Å². The summed E-state index contributed by atoms with van der Waals surface area (Å²) in [6.45, 7) is 5.04. The van der Waals surface area contributed by atoms with E-state index in [9.17, 15) is 0 Å². The molecule has 1 atom stereocenters. The van der Waals surface area contributed by atoms with Crippen LogP contribution in [0.5, 0.6) is 0 Å². The van der Waals surface area contributed by atoms with Crippen molar-refractivity contribution < 1.29 is 0 Å². The Hall–Kier alpha value is -1.68. The SMILES string of the molecule is Cc1ccccc1[C@@H](C)NCc1cn(C)nn1. The van der Waals surface area contributed by atoms with Crippen molar-refractivity contribution in [2.24, 2.45) is 7.05 Å². The van der Waals surface area contributed by atoms with Crippen LogP contribution in [0.15, 0.2) is 30.5 Å². The third-order valence-electron chi connectivity index (χ3n) is 2.89. The highest BCUT2D eigenvalue weighted by Crippen LogP contribution is 2.16. The summed E-state index contributed by atoms with van der Waals surface area (Å²) in [5.74, 6) is 0. The van der Waals surface area contributed by atoms with Crippen LogP contribution in [0, 0.1) is 6.92 Å². The van der Waals surface area contributed by atoms with E-state index in [1.54, 1.807) is 4.68 Å². The Labute approximate surface area is 102 Å². The minimum absolute atomic E-state index is 0.318. The Morgan fingerprint density at radius 3 is 2.76 bits per heavy atom. The number of hydrogen-bond donors (Lipinski definition) is 1. The molecule has 90 valence electrons. The fourth-order valence-electron chi connectivity index (χ4n) is 1.92. The zero-order valence-electron chi connectivity index (χ0n) is 10.5. The van der Waals surface area contributed by atoms with Crippen LogP contribution in [-0.2, 0) is 13.6 Å². The highest BCUT2D eigenvalue weighted by atomic mass is 15.4. The van der Waals surface area contributed by atoms with Gasteiger partial charge in [-0.15, -0.1) is 5.10 Å². The van der Waals surface area contributed by atoms with Gasteiger partial charge in [0.2, 0.25) is 0 Å². The molecule has 0 saturated heterocycles. The van der Waals surface area contributed by atoms with Gasteiger partial charge in [0, 0.05) is 25.8 Å². The lowest BCUT2D eigenvalue weighted by Crippen LogP contribution is -2.19. The van der Waals surface area contributed by atoms with Crippen LogP contribution in [0.25, 0.3) is 0 Å². The van der Waals surface area contributed by atoms with E-state index in [4.69, 9.17) is 0 Å². The first-order chi connectivity index (χ1) is 8.16. The second-order valence-electron chi connectivity index (χ2n) is 4.34. The summed E-state index contributed by atoms with van der Waals surface area (Å²) in [6.07, 6.45) is 1.93. The molecule has 0 fully saturated rings. The lowest BCUT2D eigenvalue weighted by Gasteiger charge is -2.15. The van der Waals surface area contributed by atoms with E-state index in [-0.39, 0.29) is 0 Å². The molecule has 0 unspecified atom stereocenters. The molecule has 4 heteroatoms. The monoisotopic (exact) mass is 230 g/mol. The van der Waals surface area contributed by atoms with E-state index in [0.717, 1.165) is 12.2 Å². The summed E-state index contributed by atoms with van der Waals surface area (Å²) >= 11 is 0. The maximum absolute atomic E-state index is 4.05. The molecule has 2 rings (SSSR count). The Morgan fingerprint density at radius 2 is 2.12 bits per heavy atom. The van der Waals surface area contributed by atoms with Crippen LogP contribution in [-0.4, -0.2) is 15.0 Å². The van der Waals surface area contributed by atoms with Crippen molar-refractivity contribution in [3.63, 3.8) is 0 Å². The molecule has 0 amide bonds. The van der Waals surface area contributed by atoms with Gasteiger partial charge in [0.05, 0.1) is 5.69 Å². The zero-order valence-corrected chi connectivity index (χ0v) is 10.5. The van der Waals surface area contributed by atoms with Crippen LogP contribution < -0.4 is 5.32 Å². The van der Waals surface area contributed by atoms with Gasteiger partial charge in [0.25, 0.3) is 0 Å². The molecular weight excluding hydrogens is 212 g/mol. The van der Waals surface area contributed by atoms with Crippen LogP contribution >= 0.6 is 0 Å². The van der Waals surface area contributed by atoms with Crippen LogP contribution in [0.4, 0.5) is 0 Å². The fourth-order valence-corrected chi connectivity index (χ4v) is 1.92. The summed E-state index contributed by atoms with van der Waals surface area (Å²) < 4.78 is 1.72. The van der Waals surface area contributed by atoms with Crippen molar-refractivity contribution >= 4 is 0 Å². The largest absolute Gasteiger partial charge is 0.304 e. The number of benzene rings is 1. The van der Waals surface area contributed by atoms with Gasteiger partial charge in [-0.1, -0.05) is 29.5 Å². The Morgan fingerprint density at radius 1 is 1.35 bits per heavy atom. The van der Waals surface area contributed by atoms with Crippen molar-refractivity contribution in [3.8, 4) is 0 Å². The standard InChI is InChI=1S/C13H18N4/c1-10-6-4-5-7-13(10)11(2)14-8-12-9-17(3)16-15-12/h4-7,9,11,14H,8H2,1-3H3/t11-/m1/s1. The lowest BCUT2D eigenvalue weighted by molar-refractivity contribution is 0.564.